The van der Waals surface area contributed by atoms with Crippen LogP contribution in [0.3, 0.4) is 0 Å². The fraction of sp³-hybridized carbons (Fsp3) is 0.500. The Morgan fingerprint density at radius 1 is 1.30 bits per heavy atom. The molecule has 1 aliphatic heterocycles. The van der Waals surface area contributed by atoms with Crippen LogP contribution in [0.4, 0.5) is 5.69 Å². The van der Waals surface area contributed by atoms with Crippen molar-refractivity contribution >= 4 is 29.3 Å². The Bertz CT molecular complexity index is 547. The average Bonchev–Trinajstić information content (AvgIpc) is 2.47. The Balaban J connectivity index is 1.86. The van der Waals surface area contributed by atoms with E-state index in [2.05, 4.69) is 16.3 Å². The van der Waals surface area contributed by atoms with Crippen LogP contribution in [0.15, 0.2) is 24.3 Å². The number of carboxylic acids is 1. The van der Waals surface area contributed by atoms with Crippen molar-refractivity contribution in [2.75, 3.05) is 50.0 Å². The number of likely N-dealkylation sites (N-methyl/N-ethyl adjacent to an activating group) is 1. The van der Waals surface area contributed by atoms with Crippen molar-refractivity contribution in [3.63, 3.8) is 0 Å². The van der Waals surface area contributed by atoms with Crippen LogP contribution >= 0.6 is 11.8 Å². The molecular formula is C16H23N3O3S. The zero-order valence-corrected chi connectivity index (χ0v) is 14.1. The molecule has 0 spiro atoms. The van der Waals surface area contributed by atoms with E-state index in [9.17, 15) is 9.59 Å². The van der Waals surface area contributed by atoms with Crippen molar-refractivity contribution < 1.29 is 14.7 Å². The second-order valence-corrected chi connectivity index (χ2v) is 6.93. The third-order valence-corrected chi connectivity index (χ3v) is 4.48. The molecule has 1 aliphatic rings. The van der Waals surface area contributed by atoms with E-state index in [0.717, 1.165) is 25.3 Å². The molecule has 23 heavy (non-hydrogen) atoms. The number of carbonyl (C=O) groups excluding carboxylic acids is 1. The van der Waals surface area contributed by atoms with Gasteiger partial charge in [-0.1, -0.05) is 12.1 Å². The smallest absolute Gasteiger partial charge is 0.317 e. The van der Waals surface area contributed by atoms with Crippen molar-refractivity contribution in [3.05, 3.63) is 29.8 Å². The van der Waals surface area contributed by atoms with Crippen molar-refractivity contribution in [2.24, 2.45) is 0 Å². The molecule has 6 nitrogen and oxygen atoms in total. The van der Waals surface area contributed by atoms with Crippen LogP contribution in [0.1, 0.15) is 5.56 Å². The van der Waals surface area contributed by atoms with Crippen LogP contribution in [0.5, 0.6) is 0 Å². The monoisotopic (exact) mass is 337 g/mol. The fourth-order valence-corrected chi connectivity index (χ4v) is 3.48. The molecule has 7 heteroatoms. The average molecular weight is 337 g/mol. The van der Waals surface area contributed by atoms with Gasteiger partial charge in [0, 0.05) is 36.8 Å². The standard InChI is InChI=1S/C16H23N3O3S/c1-18(12-16(21)22)11-15(20)17-14-4-2-3-13(9-14)10-19-5-7-23-8-6-19/h2-4,9H,5-8,10-12H2,1H3,(H,17,20)(H,21,22). The van der Waals surface area contributed by atoms with Crippen LogP contribution in [0.25, 0.3) is 0 Å². The summed E-state index contributed by atoms with van der Waals surface area (Å²) in [5.41, 5.74) is 1.93. The number of rotatable bonds is 7. The largest absolute Gasteiger partial charge is 0.480 e. The minimum Gasteiger partial charge on any atom is -0.480 e. The van der Waals surface area contributed by atoms with E-state index in [4.69, 9.17) is 5.11 Å². The van der Waals surface area contributed by atoms with Crippen molar-refractivity contribution in [1.29, 1.82) is 0 Å². The van der Waals surface area contributed by atoms with E-state index >= 15 is 0 Å². The van der Waals surface area contributed by atoms with Crippen LogP contribution in [-0.4, -0.2) is 71.5 Å². The number of amides is 1. The molecule has 1 amide bonds. The fourth-order valence-electron chi connectivity index (χ4n) is 2.50. The third kappa shape index (κ3) is 6.60. The van der Waals surface area contributed by atoms with E-state index in [-0.39, 0.29) is 19.0 Å². The highest BCUT2D eigenvalue weighted by Gasteiger charge is 2.12. The molecule has 0 saturated carbocycles. The third-order valence-electron chi connectivity index (χ3n) is 3.54. The first kappa shape index (κ1) is 17.8. The van der Waals surface area contributed by atoms with Crippen molar-refractivity contribution in [3.8, 4) is 0 Å². The molecule has 0 atom stereocenters. The lowest BCUT2D eigenvalue weighted by molar-refractivity contribution is -0.138. The molecule has 1 fully saturated rings. The Labute approximate surface area is 140 Å². The summed E-state index contributed by atoms with van der Waals surface area (Å²) in [6.07, 6.45) is 0. The summed E-state index contributed by atoms with van der Waals surface area (Å²) in [6.45, 7) is 2.99. The molecule has 0 bridgehead atoms. The topological polar surface area (TPSA) is 72.9 Å². The molecule has 2 rings (SSSR count). The highest BCUT2D eigenvalue weighted by atomic mass is 32.2. The van der Waals surface area contributed by atoms with E-state index in [0.29, 0.717) is 0 Å². The van der Waals surface area contributed by atoms with E-state index in [1.165, 1.54) is 22.0 Å². The van der Waals surface area contributed by atoms with Crippen LogP contribution in [0.2, 0.25) is 0 Å². The minimum atomic E-state index is -0.943. The molecule has 126 valence electrons. The summed E-state index contributed by atoms with van der Waals surface area (Å²) >= 11 is 1.99. The maximum Gasteiger partial charge on any atom is 0.317 e. The number of thioether (sulfide) groups is 1. The Hall–Kier alpha value is -1.57. The summed E-state index contributed by atoms with van der Waals surface area (Å²) < 4.78 is 0. The molecule has 0 aliphatic carbocycles. The van der Waals surface area contributed by atoms with Crippen LogP contribution in [-0.2, 0) is 16.1 Å². The van der Waals surface area contributed by atoms with Gasteiger partial charge in [0.1, 0.15) is 0 Å². The zero-order valence-electron chi connectivity index (χ0n) is 13.3. The van der Waals surface area contributed by atoms with E-state index in [1.807, 2.05) is 30.0 Å². The quantitative estimate of drug-likeness (QED) is 0.779. The summed E-state index contributed by atoms with van der Waals surface area (Å²) in [5, 5.41) is 11.5. The molecular weight excluding hydrogens is 314 g/mol. The SMILES string of the molecule is CN(CC(=O)O)CC(=O)Nc1cccc(CN2CCSCC2)c1. The Morgan fingerprint density at radius 2 is 2.04 bits per heavy atom. The van der Waals surface area contributed by atoms with Crippen molar-refractivity contribution in [1.82, 2.24) is 9.80 Å². The molecule has 1 aromatic rings. The Kier molecular flexibility index (Phi) is 6.88. The highest BCUT2D eigenvalue weighted by Crippen LogP contribution is 2.16. The van der Waals surface area contributed by atoms with Gasteiger partial charge in [-0.25, -0.2) is 0 Å². The second kappa shape index (κ2) is 8.90. The number of hydrogen-bond donors (Lipinski definition) is 2. The summed E-state index contributed by atoms with van der Waals surface area (Å²) in [6, 6.07) is 7.83. The number of anilines is 1. The number of aliphatic carboxylic acids is 1. The van der Waals surface area contributed by atoms with Gasteiger partial charge in [0.2, 0.25) is 5.91 Å². The number of carboxylic acid groups (broad SMARTS) is 1. The first-order valence-corrected chi connectivity index (χ1v) is 8.77. The maximum absolute atomic E-state index is 11.9. The van der Waals surface area contributed by atoms with Gasteiger partial charge < -0.3 is 10.4 Å². The normalized spacial score (nSPS) is 15.6. The summed E-state index contributed by atoms with van der Waals surface area (Å²) in [7, 11) is 1.61. The molecule has 1 aromatic carbocycles. The number of carbonyl (C=O) groups is 2. The molecule has 0 unspecified atom stereocenters. The Morgan fingerprint density at radius 3 is 2.74 bits per heavy atom. The number of nitrogens with zero attached hydrogens (tertiary/aromatic N) is 2. The lowest BCUT2D eigenvalue weighted by atomic mass is 10.2. The van der Waals surface area contributed by atoms with Gasteiger partial charge in [-0.3, -0.25) is 19.4 Å². The molecule has 1 heterocycles. The molecule has 0 radical (unpaired) electrons. The highest BCUT2D eigenvalue weighted by molar-refractivity contribution is 7.99. The van der Waals surface area contributed by atoms with E-state index in [1.54, 1.807) is 7.05 Å². The second-order valence-electron chi connectivity index (χ2n) is 5.70. The zero-order chi connectivity index (χ0) is 16.7. The van der Waals surface area contributed by atoms with E-state index < -0.39 is 5.97 Å². The van der Waals surface area contributed by atoms with Gasteiger partial charge in [-0.15, -0.1) is 0 Å². The lowest BCUT2D eigenvalue weighted by Gasteiger charge is -2.26. The summed E-state index contributed by atoms with van der Waals surface area (Å²) in [5.74, 6) is 1.20. The van der Waals surface area contributed by atoms with Crippen molar-refractivity contribution in [2.45, 2.75) is 6.54 Å². The van der Waals surface area contributed by atoms with Crippen LogP contribution < -0.4 is 5.32 Å². The summed E-state index contributed by atoms with van der Waals surface area (Å²) in [4.78, 5) is 26.4. The first-order chi connectivity index (χ1) is 11.0. The predicted octanol–water partition coefficient (Wildman–Crippen LogP) is 1.19. The lowest BCUT2D eigenvalue weighted by Crippen LogP contribution is -2.34. The molecule has 0 aromatic heterocycles. The van der Waals surface area contributed by atoms with Crippen LogP contribution in [0, 0.1) is 0 Å². The number of benzene rings is 1. The minimum absolute atomic E-state index is 0.0554. The maximum atomic E-state index is 11.9. The van der Waals surface area contributed by atoms with Gasteiger partial charge in [0.25, 0.3) is 0 Å². The van der Waals surface area contributed by atoms with Gasteiger partial charge in [-0.2, -0.15) is 11.8 Å². The van der Waals surface area contributed by atoms with Gasteiger partial charge in [0.05, 0.1) is 13.1 Å². The van der Waals surface area contributed by atoms with Gasteiger partial charge >= 0.3 is 5.97 Å². The van der Waals surface area contributed by atoms with Gasteiger partial charge in [0.15, 0.2) is 0 Å². The van der Waals surface area contributed by atoms with Gasteiger partial charge in [-0.05, 0) is 24.7 Å². The predicted molar refractivity (Wildman–Crippen MR) is 92.8 cm³/mol. The molecule has 2 N–H and O–H groups in total. The number of nitrogens with one attached hydrogen (secondary N) is 1. The molecule has 1 saturated heterocycles. The number of hydrogen-bond acceptors (Lipinski definition) is 5. The first-order valence-electron chi connectivity index (χ1n) is 7.62.